The molecule has 1 atom stereocenters. The van der Waals surface area contributed by atoms with E-state index in [4.69, 9.17) is 4.74 Å². The molecule has 1 unspecified atom stereocenters. The van der Waals surface area contributed by atoms with E-state index in [2.05, 4.69) is 52.3 Å². The average Bonchev–Trinajstić information content (AvgIpc) is 2.51. The Morgan fingerprint density at radius 2 is 1.53 bits per heavy atom. The SMILES string of the molecule is c1ccc(C(c2ccncc2)N2CCOCC2)cc1. The molecule has 2 heterocycles. The maximum atomic E-state index is 5.47. The molecule has 98 valence electrons. The van der Waals surface area contributed by atoms with Gasteiger partial charge in [-0.2, -0.15) is 0 Å². The number of benzene rings is 1. The Bertz CT molecular complexity index is 455. The maximum absolute atomic E-state index is 5.47. The number of pyridine rings is 1. The topological polar surface area (TPSA) is 25.4 Å². The molecular weight excluding hydrogens is 236 g/mol. The van der Waals surface area contributed by atoms with Crippen molar-refractivity contribution in [3.8, 4) is 0 Å². The van der Waals surface area contributed by atoms with Crippen LogP contribution in [0.15, 0.2) is 54.9 Å². The predicted octanol–water partition coefficient (Wildman–Crippen LogP) is 2.50. The normalized spacial score (nSPS) is 18.1. The first-order chi connectivity index (χ1) is 9.45. The molecule has 1 aliphatic heterocycles. The molecule has 0 bridgehead atoms. The van der Waals surface area contributed by atoms with Crippen LogP contribution in [0.3, 0.4) is 0 Å². The number of nitrogens with zero attached hydrogens (tertiary/aromatic N) is 2. The highest BCUT2D eigenvalue weighted by molar-refractivity contribution is 5.30. The Kier molecular flexibility index (Phi) is 3.86. The highest BCUT2D eigenvalue weighted by atomic mass is 16.5. The van der Waals surface area contributed by atoms with E-state index in [0.29, 0.717) is 6.04 Å². The molecule has 2 aromatic rings. The second-order valence-electron chi connectivity index (χ2n) is 4.74. The van der Waals surface area contributed by atoms with Crippen molar-refractivity contribution in [1.29, 1.82) is 0 Å². The van der Waals surface area contributed by atoms with Gasteiger partial charge in [-0.1, -0.05) is 30.3 Å². The van der Waals surface area contributed by atoms with E-state index in [1.807, 2.05) is 12.4 Å². The van der Waals surface area contributed by atoms with Crippen LogP contribution in [0, 0.1) is 0 Å². The van der Waals surface area contributed by atoms with E-state index in [-0.39, 0.29) is 0 Å². The molecule has 0 aliphatic carbocycles. The Labute approximate surface area is 113 Å². The third-order valence-electron chi connectivity index (χ3n) is 3.55. The average molecular weight is 254 g/mol. The van der Waals surface area contributed by atoms with Crippen molar-refractivity contribution in [3.05, 3.63) is 66.0 Å². The first-order valence-corrected chi connectivity index (χ1v) is 6.72. The van der Waals surface area contributed by atoms with Gasteiger partial charge < -0.3 is 4.74 Å². The van der Waals surface area contributed by atoms with Crippen LogP contribution < -0.4 is 0 Å². The van der Waals surface area contributed by atoms with Gasteiger partial charge in [0.25, 0.3) is 0 Å². The fraction of sp³-hybridized carbons (Fsp3) is 0.312. The van der Waals surface area contributed by atoms with Gasteiger partial charge in [0.15, 0.2) is 0 Å². The fourth-order valence-corrected chi connectivity index (χ4v) is 2.63. The van der Waals surface area contributed by atoms with E-state index in [9.17, 15) is 0 Å². The Hall–Kier alpha value is -1.71. The summed E-state index contributed by atoms with van der Waals surface area (Å²) in [6.45, 7) is 3.58. The van der Waals surface area contributed by atoms with E-state index in [0.717, 1.165) is 26.3 Å². The maximum Gasteiger partial charge on any atom is 0.0604 e. The predicted molar refractivity (Wildman–Crippen MR) is 74.9 cm³/mol. The monoisotopic (exact) mass is 254 g/mol. The summed E-state index contributed by atoms with van der Waals surface area (Å²) < 4.78 is 5.47. The van der Waals surface area contributed by atoms with Gasteiger partial charge in [0.1, 0.15) is 0 Å². The van der Waals surface area contributed by atoms with Crippen molar-refractivity contribution in [1.82, 2.24) is 9.88 Å². The van der Waals surface area contributed by atoms with Crippen molar-refractivity contribution in [2.45, 2.75) is 6.04 Å². The molecule has 0 N–H and O–H groups in total. The number of ether oxygens (including phenoxy) is 1. The summed E-state index contributed by atoms with van der Waals surface area (Å²) in [6.07, 6.45) is 3.73. The van der Waals surface area contributed by atoms with Crippen LogP contribution in [0.25, 0.3) is 0 Å². The lowest BCUT2D eigenvalue weighted by molar-refractivity contribution is 0.0239. The molecule has 1 fully saturated rings. The van der Waals surface area contributed by atoms with Gasteiger partial charge in [-0.15, -0.1) is 0 Å². The van der Waals surface area contributed by atoms with Gasteiger partial charge in [0, 0.05) is 25.5 Å². The van der Waals surface area contributed by atoms with Gasteiger partial charge in [-0.05, 0) is 23.3 Å². The van der Waals surface area contributed by atoms with Crippen LogP contribution in [0.2, 0.25) is 0 Å². The molecule has 1 aromatic carbocycles. The standard InChI is InChI=1S/C16H18N2O/c1-2-4-14(5-3-1)16(15-6-8-17-9-7-15)18-10-12-19-13-11-18/h1-9,16H,10-13H2. The molecular formula is C16H18N2O. The Morgan fingerprint density at radius 3 is 2.21 bits per heavy atom. The third-order valence-corrected chi connectivity index (χ3v) is 3.55. The molecule has 1 aliphatic rings. The zero-order chi connectivity index (χ0) is 12.9. The summed E-state index contributed by atoms with van der Waals surface area (Å²) in [5.41, 5.74) is 2.62. The van der Waals surface area contributed by atoms with E-state index >= 15 is 0 Å². The zero-order valence-electron chi connectivity index (χ0n) is 10.9. The van der Waals surface area contributed by atoms with Crippen LogP contribution in [-0.4, -0.2) is 36.2 Å². The summed E-state index contributed by atoms with van der Waals surface area (Å²) in [5.74, 6) is 0. The lowest BCUT2D eigenvalue weighted by Gasteiger charge is -2.35. The van der Waals surface area contributed by atoms with Gasteiger partial charge >= 0.3 is 0 Å². The number of rotatable bonds is 3. The highest BCUT2D eigenvalue weighted by Crippen LogP contribution is 2.28. The highest BCUT2D eigenvalue weighted by Gasteiger charge is 2.23. The van der Waals surface area contributed by atoms with Crippen molar-refractivity contribution >= 4 is 0 Å². The van der Waals surface area contributed by atoms with Crippen LogP contribution in [0.5, 0.6) is 0 Å². The fourth-order valence-electron chi connectivity index (χ4n) is 2.63. The van der Waals surface area contributed by atoms with Gasteiger partial charge in [0.05, 0.1) is 19.3 Å². The number of hydrogen-bond acceptors (Lipinski definition) is 3. The van der Waals surface area contributed by atoms with E-state index < -0.39 is 0 Å². The van der Waals surface area contributed by atoms with Crippen LogP contribution in [-0.2, 0) is 4.74 Å². The molecule has 3 rings (SSSR count). The molecule has 19 heavy (non-hydrogen) atoms. The quantitative estimate of drug-likeness (QED) is 0.841. The second kappa shape index (κ2) is 5.95. The summed E-state index contributed by atoms with van der Waals surface area (Å²) in [6, 6.07) is 15.2. The summed E-state index contributed by atoms with van der Waals surface area (Å²) in [4.78, 5) is 6.60. The van der Waals surface area contributed by atoms with Crippen molar-refractivity contribution in [3.63, 3.8) is 0 Å². The molecule has 3 heteroatoms. The lowest BCUT2D eigenvalue weighted by Crippen LogP contribution is -2.39. The van der Waals surface area contributed by atoms with Crippen LogP contribution in [0.1, 0.15) is 17.2 Å². The largest absolute Gasteiger partial charge is 0.379 e. The molecule has 0 spiro atoms. The lowest BCUT2D eigenvalue weighted by atomic mass is 9.97. The number of morpholine rings is 1. The van der Waals surface area contributed by atoms with Crippen LogP contribution >= 0.6 is 0 Å². The van der Waals surface area contributed by atoms with E-state index in [1.54, 1.807) is 0 Å². The van der Waals surface area contributed by atoms with Gasteiger partial charge in [-0.3, -0.25) is 9.88 Å². The second-order valence-corrected chi connectivity index (χ2v) is 4.74. The van der Waals surface area contributed by atoms with Crippen molar-refractivity contribution in [2.24, 2.45) is 0 Å². The molecule has 0 saturated carbocycles. The molecule has 1 saturated heterocycles. The first-order valence-electron chi connectivity index (χ1n) is 6.72. The van der Waals surface area contributed by atoms with Crippen LogP contribution in [0.4, 0.5) is 0 Å². The zero-order valence-corrected chi connectivity index (χ0v) is 10.9. The molecule has 1 aromatic heterocycles. The van der Waals surface area contributed by atoms with Gasteiger partial charge in [0.2, 0.25) is 0 Å². The molecule has 0 radical (unpaired) electrons. The summed E-state index contributed by atoms with van der Waals surface area (Å²) in [5, 5.41) is 0. The number of aromatic nitrogens is 1. The minimum Gasteiger partial charge on any atom is -0.379 e. The summed E-state index contributed by atoms with van der Waals surface area (Å²) >= 11 is 0. The van der Waals surface area contributed by atoms with Crippen molar-refractivity contribution < 1.29 is 4.74 Å². The smallest absolute Gasteiger partial charge is 0.0604 e. The minimum atomic E-state index is 0.299. The Morgan fingerprint density at radius 1 is 0.895 bits per heavy atom. The minimum absolute atomic E-state index is 0.299. The Balaban J connectivity index is 1.96. The number of hydrogen-bond donors (Lipinski definition) is 0. The van der Waals surface area contributed by atoms with E-state index in [1.165, 1.54) is 11.1 Å². The van der Waals surface area contributed by atoms with Crippen molar-refractivity contribution in [2.75, 3.05) is 26.3 Å². The van der Waals surface area contributed by atoms with Gasteiger partial charge in [-0.25, -0.2) is 0 Å². The first kappa shape index (κ1) is 12.3. The molecule has 3 nitrogen and oxygen atoms in total. The third kappa shape index (κ3) is 2.83. The molecule has 0 amide bonds. The summed E-state index contributed by atoms with van der Waals surface area (Å²) in [7, 11) is 0.